The molecule has 0 unspecified atom stereocenters. The molecule has 0 aliphatic rings. The van der Waals surface area contributed by atoms with Crippen molar-refractivity contribution in [2.75, 3.05) is 0 Å². The molecule has 1 N–H and O–H groups in total. The molecule has 0 fully saturated rings. The maximum absolute atomic E-state index is 10.7. The third-order valence-corrected chi connectivity index (χ3v) is 2.48. The summed E-state index contributed by atoms with van der Waals surface area (Å²) in [6.45, 7) is 0. The van der Waals surface area contributed by atoms with Crippen LogP contribution in [0, 0.1) is 0 Å². The summed E-state index contributed by atoms with van der Waals surface area (Å²) in [6.07, 6.45) is 0. The second-order valence-electron chi connectivity index (χ2n) is 1.94. The topological polar surface area (TPSA) is 45.8 Å². The first-order chi connectivity index (χ1) is 5.36. The fourth-order valence-electron chi connectivity index (χ4n) is 0.751. The van der Waals surface area contributed by atoms with Gasteiger partial charge in [0.15, 0.2) is 0 Å². The Balaban J connectivity index is 2.53. The predicted octanol–water partition coefficient (Wildman–Crippen LogP) is 1.56. The minimum absolute atomic E-state index is 0.0343. The van der Waals surface area contributed by atoms with Crippen LogP contribution in [-0.2, 0) is 0 Å². The van der Waals surface area contributed by atoms with Crippen LogP contribution in [0.1, 0.15) is 0 Å². The van der Waals surface area contributed by atoms with Crippen molar-refractivity contribution < 1.29 is 0 Å². The predicted molar refractivity (Wildman–Crippen MR) is 46.0 cm³/mol. The Morgan fingerprint density at radius 2 is 2.36 bits per heavy atom. The molecule has 11 heavy (non-hydrogen) atoms. The van der Waals surface area contributed by atoms with Crippen LogP contribution in [0.15, 0.2) is 21.1 Å². The lowest BCUT2D eigenvalue weighted by atomic mass is 10.4. The first-order valence-electron chi connectivity index (χ1n) is 2.92. The van der Waals surface area contributed by atoms with E-state index in [1.54, 1.807) is 10.9 Å². The number of hydrogen-bond acceptors (Lipinski definition) is 4. The molecule has 0 aliphatic carbocycles. The number of rotatable bonds is 1. The van der Waals surface area contributed by atoms with Crippen LogP contribution >= 0.6 is 22.7 Å². The lowest BCUT2D eigenvalue weighted by molar-refractivity contribution is 1.29. The maximum Gasteiger partial charge on any atom is 0.304 e. The van der Waals surface area contributed by atoms with Gasteiger partial charge in [0.05, 0.1) is 16.9 Å². The Morgan fingerprint density at radius 3 is 2.91 bits per heavy atom. The summed E-state index contributed by atoms with van der Waals surface area (Å²) >= 11 is 2.67. The van der Waals surface area contributed by atoms with E-state index in [4.69, 9.17) is 0 Å². The van der Waals surface area contributed by atoms with E-state index in [0.717, 1.165) is 22.7 Å². The van der Waals surface area contributed by atoms with Crippen molar-refractivity contribution in [2.24, 2.45) is 0 Å². The average Bonchev–Trinajstić information content (AvgIpc) is 2.55. The van der Waals surface area contributed by atoms with Crippen molar-refractivity contribution in [3.8, 4) is 11.4 Å². The maximum atomic E-state index is 10.7. The second kappa shape index (κ2) is 2.60. The first kappa shape index (κ1) is 6.75. The van der Waals surface area contributed by atoms with E-state index in [2.05, 4.69) is 9.97 Å². The van der Waals surface area contributed by atoms with E-state index in [-0.39, 0.29) is 4.87 Å². The molecule has 2 rings (SSSR count). The number of hydrogen-bond donors (Lipinski definition) is 1. The normalized spacial score (nSPS) is 10.2. The monoisotopic (exact) mass is 184 g/mol. The van der Waals surface area contributed by atoms with Gasteiger partial charge in [0, 0.05) is 10.8 Å². The lowest BCUT2D eigenvalue weighted by Gasteiger charge is -1.84. The molecule has 0 aliphatic heterocycles. The second-order valence-corrected chi connectivity index (χ2v) is 3.50. The number of nitrogens with zero attached hydrogens (tertiary/aromatic N) is 1. The number of aromatic nitrogens is 2. The summed E-state index contributed by atoms with van der Waals surface area (Å²) in [5, 5.41) is 3.68. The quantitative estimate of drug-likeness (QED) is 0.731. The van der Waals surface area contributed by atoms with E-state index in [1.807, 2.05) is 5.38 Å². The van der Waals surface area contributed by atoms with Gasteiger partial charge in [-0.2, -0.15) is 0 Å². The van der Waals surface area contributed by atoms with Crippen molar-refractivity contribution in [1.29, 1.82) is 0 Å². The molecule has 2 aromatic rings. The van der Waals surface area contributed by atoms with Gasteiger partial charge < -0.3 is 4.98 Å². The van der Waals surface area contributed by atoms with E-state index >= 15 is 0 Å². The molecule has 2 aromatic heterocycles. The zero-order valence-electron chi connectivity index (χ0n) is 5.40. The Hall–Kier alpha value is -0.940. The van der Waals surface area contributed by atoms with Crippen molar-refractivity contribution in [3.05, 3.63) is 25.9 Å². The minimum atomic E-state index is -0.0343. The molecule has 56 valence electrons. The van der Waals surface area contributed by atoms with Crippen LogP contribution in [0.3, 0.4) is 0 Å². The first-order valence-corrected chi connectivity index (χ1v) is 4.75. The number of aromatic amines is 1. The van der Waals surface area contributed by atoms with E-state index in [9.17, 15) is 4.79 Å². The van der Waals surface area contributed by atoms with Crippen LogP contribution in [0.2, 0.25) is 0 Å². The highest BCUT2D eigenvalue weighted by atomic mass is 32.1. The standard InChI is InChI=1S/C6H4N2OS2/c9-6-8-5(2-11-6)4-1-10-3-7-4/h1-3H,(H,8,9). The summed E-state index contributed by atoms with van der Waals surface area (Å²) in [4.78, 5) is 17.4. The highest BCUT2D eigenvalue weighted by Gasteiger charge is 2.00. The SMILES string of the molecule is O=c1[nH]c(-c2cscn2)cs1. The van der Waals surface area contributed by atoms with Gasteiger partial charge in [-0.3, -0.25) is 4.79 Å². The fourth-order valence-corrected chi connectivity index (χ4v) is 1.88. The van der Waals surface area contributed by atoms with Gasteiger partial charge >= 0.3 is 4.87 Å². The lowest BCUT2D eigenvalue weighted by Crippen LogP contribution is -1.91. The van der Waals surface area contributed by atoms with Crippen molar-refractivity contribution in [3.63, 3.8) is 0 Å². The molecule has 0 saturated heterocycles. The van der Waals surface area contributed by atoms with Crippen LogP contribution in [-0.4, -0.2) is 9.97 Å². The third-order valence-electron chi connectivity index (χ3n) is 1.23. The molecule has 0 radical (unpaired) electrons. The zero-order chi connectivity index (χ0) is 7.68. The molecule has 0 aromatic carbocycles. The zero-order valence-corrected chi connectivity index (χ0v) is 7.04. The van der Waals surface area contributed by atoms with Gasteiger partial charge in [-0.1, -0.05) is 11.3 Å². The number of nitrogens with one attached hydrogen (secondary N) is 1. The number of H-pyrrole nitrogens is 1. The summed E-state index contributed by atoms with van der Waals surface area (Å²) < 4.78 is 0. The van der Waals surface area contributed by atoms with E-state index in [1.165, 1.54) is 11.3 Å². The Labute approximate surface area is 70.4 Å². The third kappa shape index (κ3) is 1.24. The smallest absolute Gasteiger partial charge is 0.304 e. The molecule has 0 spiro atoms. The molecule has 0 bridgehead atoms. The van der Waals surface area contributed by atoms with E-state index in [0.29, 0.717) is 0 Å². The molecule has 2 heterocycles. The Morgan fingerprint density at radius 1 is 1.45 bits per heavy atom. The minimum Gasteiger partial charge on any atom is -0.311 e. The molecule has 0 saturated carbocycles. The summed E-state index contributed by atoms with van der Waals surface area (Å²) in [6, 6.07) is 0. The van der Waals surface area contributed by atoms with Crippen molar-refractivity contribution >= 4 is 22.7 Å². The van der Waals surface area contributed by atoms with Crippen LogP contribution in [0.25, 0.3) is 11.4 Å². The van der Waals surface area contributed by atoms with Crippen molar-refractivity contribution in [1.82, 2.24) is 9.97 Å². The van der Waals surface area contributed by atoms with Gasteiger partial charge in [0.1, 0.15) is 0 Å². The molecule has 3 nitrogen and oxygen atoms in total. The molecule has 5 heteroatoms. The summed E-state index contributed by atoms with van der Waals surface area (Å²) in [5.41, 5.74) is 3.39. The van der Waals surface area contributed by atoms with Crippen LogP contribution in [0.5, 0.6) is 0 Å². The largest absolute Gasteiger partial charge is 0.311 e. The fraction of sp³-hybridized carbons (Fsp3) is 0. The van der Waals surface area contributed by atoms with Crippen LogP contribution in [0.4, 0.5) is 0 Å². The molecular weight excluding hydrogens is 180 g/mol. The van der Waals surface area contributed by atoms with Gasteiger partial charge in [-0.05, 0) is 0 Å². The average molecular weight is 184 g/mol. The van der Waals surface area contributed by atoms with Gasteiger partial charge in [-0.15, -0.1) is 11.3 Å². The summed E-state index contributed by atoms with van der Waals surface area (Å²) in [7, 11) is 0. The highest BCUT2D eigenvalue weighted by molar-refractivity contribution is 7.08. The molecule has 0 atom stereocenters. The number of thiazole rings is 2. The molecule has 0 amide bonds. The highest BCUT2D eigenvalue weighted by Crippen LogP contribution is 2.15. The van der Waals surface area contributed by atoms with E-state index < -0.39 is 0 Å². The Kier molecular flexibility index (Phi) is 1.59. The van der Waals surface area contributed by atoms with Crippen LogP contribution < -0.4 is 4.87 Å². The Bertz CT molecular complexity index is 387. The van der Waals surface area contributed by atoms with Crippen molar-refractivity contribution in [2.45, 2.75) is 0 Å². The van der Waals surface area contributed by atoms with Gasteiger partial charge in [0.25, 0.3) is 0 Å². The summed E-state index contributed by atoms with van der Waals surface area (Å²) in [5.74, 6) is 0. The van der Waals surface area contributed by atoms with Gasteiger partial charge in [0.2, 0.25) is 0 Å². The molecular formula is C6H4N2OS2. The van der Waals surface area contributed by atoms with Gasteiger partial charge in [-0.25, -0.2) is 4.98 Å².